The van der Waals surface area contributed by atoms with E-state index in [1.165, 1.54) is 0 Å². The molecule has 1 saturated heterocycles. The zero-order chi connectivity index (χ0) is 15.1. The molecule has 1 atom stereocenters. The predicted octanol–water partition coefficient (Wildman–Crippen LogP) is 2.49. The molecule has 1 aliphatic heterocycles. The lowest BCUT2D eigenvalue weighted by molar-refractivity contribution is 0.01000. The van der Waals surface area contributed by atoms with E-state index in [0.717, 1.165) is 43.7 Å². The number of aryl methyl sites for hydroxylation is 1. The van der Waals surface area contributed by atoms with Crippen molar-refractivity contribution in [3.8, 4) is 0 Å². The average molecular weight is 291 g/mol. The predicted molar refractivity (Wildman–Crippen MR) is 82.0 cm³/mol. The first-order chi connectivity index (χ1) is 10.2. The maximum atomic E-state index is 12.2. The molecular weight excluding hydrogens is 266 g/mol. The second kappa shape index (κ2) is 7.98. The summed E-state index contributed by atoms with van der Waals surface area (Å²) >= 11 is 0. The molecule has 1 aliphatic rings. The van der Waals surface area contributed by atoms with Crippen LogP contribution >= 0.6 is 0 Å². The molecule has 0 saturated carbocycles. The van der Waals surface area contributed by atoms with Crippen LogP contribution in [0, 0.1) is 6.92 Å². The van der Waals surface area contributed by atoms with Crippen LogP contribution < -0.4 is 5.32 Å². The fraction of sp³-hybridized carbons (Fsp3) is 0.625. The van der Waals surface area contributed by atoms with E-state index in [4.69, 9.17) is 4.74 Å². The number of rotatable bonds is 5. The molecule has 0 aromatic carbocycles. The number of nitrogens with one attached hydrogen (secondary N) is 1. The highest BCUT2D eigenvalue weighted by molar-refractivity contribution is 5.74. The van der Waals surface area contributed by atoms with E-state index in [9.17, 15) is 4.79 Å². The van der Waals surface area contributed by atoms with Crippen LogP contribution in [0.15, 0.2) is 18.3 Å². The molecular formula is C16H25N3O2. The Morgan fingerprint density at radius 3 is 3.19 bits per heavy atom. The van der Waals surface area contributed by atoms with Crippen LogP contribution in [0.3, 0.4) is 0 Å². The van der Waals surface area contributed by atoms with Gasteiger partial charge in [0.1, 0.15) is 0 Å². The number of amides is 2. The summed E-state index contributed by atoms with van der Waals surface area (Å²) in [4.78, 5) is 18.4. The molecule has 2 rings (SSSR count). The van der Waals surface area contributed by atoms with Gasteiger partial charge in [0.2, 0.25) is 0 Å². The third-order valence-electron chi connectivity index (χ3n) is 3.75. The lowest BCUT2D eigenvalue weighted by atomic mass is 10.1. The number of aromatic nitrogens is 1. The van der Waals surface area contributed by atoms with E-state index in [1.807, 2.05) is 24.0 Å². The highest BCUT2D eigenvalue weighted by Gasteiger charge is 2.23. The Balaban J connectivity index is 1.81. The standard InChI is InChI=1S/C16H25N3O2/c1-3-10-21-14-7-5-9-19(12-14)16(20)18-11-15-13(2)6-4-8-17-15/h4,6,8,14H,3,5,7,9-12H2,1-2H3,(H,18,20). The molecule has 0 bridgehead atoms. The van der Waals surface area contributed by atoms with Crippen molar-refractivity contribution in [2.45, 2.75) is 45.8 Å². The van der Waals surface area contributed by atoms with Crippen molar-refractivity contribution in [2.24, 2.45) is 0 Å². The summed E-state index contributed by atoms with van der Waals surface area (Å²) in [5.74, 6) is 0. The molecule has 2 heterocycles. The van der Waals surface area contributed by atoms with Gasteiger partial charge in [-0.15, -0.1) is 0 Å². The fourth-order valence-electron chi connectivity index (χ4n) is 2.52. The molecule has 2 amide bonds. The van der Waals surface area contributed by atoms with Crippen LogP contribution in [-0.2, 0) is 11.3 Å². The summed E-state index contributed by atoms with van der Waals surface area (Å²) in [7, 11) is 0. The second-order valence-corrected chi connectivity index (χ2v) is 5.51. The van der Waals surface area contributed by atoms with Gasteiger partial charge in [0.05, 0.1) is 18.3 Å². The molecule has 21 heavy (non-hydrogen) atoms. The molecule has 1 aromatic heterocycles. The van der Waals surface area contributed by atoms with Crippen molar-refractivity contribution >= 4 is 6.03 Å². The van der Waals surface area contributed by atoms with Crippen molar-refractivity contribution in [1.29, 1.82) is 0 Å². The van der Waals surface area contributed by atoms with Gasteiger partial charge in [-0.3, -0.25) is 4.98 Å². The summed E-state index contributed by atoms with van der Waals surface area (Å²) < 4.78 is 5.76. The summed E-state index contributed by atoms with van der Waals surface area (Å²) in [6.45, 7) is 6.84. The summed E-state index contributed by atoms with van der Waals surface area (Å²) in [5, 5.41) is 2.96. The minimum Gasteiger partial charge on any atom is -0.376 e. The number of hydrogen-bond donors (Lipinski definition) is 1. The van der Waals surface area contributed by atoms with Crippen LogP contribution in [-0.4, -0.2) is 41.7 Å². The van der Waals surface area contributed by atoms with E-state index < -0.39 is 0 Å². The lowest BCUT2D eigenvalue weighted by Gasteiger charge is -2.32. The van der Waals surface area contributed by atoms with Gasteiger partial charge in [-0.05, 0) is 37.8 Å². The summed E-state index contributed by atoms with van der Waals surface area (Å²) in [6.07, 6.45) is 5.00. The van der Waals surface area contributed by atoms with Crippen molar-refractivity contribution in [3.05, 3.63) is 29.6 Å². The smallest absolute Gasteiger partial charge is 0.317 e. The first kappa shape index (κ1) is 15.8. The Morgan fingerprint density at radius 1 is 1.57 bits per heavy atom. The number of pyridine rings is 1. The molecule has 5 nitrogen and oxygen atoms in total. The highest BCUT2D eigenvalue weighted by Crippen LogP contribution is 2.14. The zero-order valence-corrected chi connectivity index (χ0v) is 13.0. The first-order valence-electron chi connectivity index (χ1n) is 7.75. The van der Waals surface area contributed by atoms with Crippen LogP contribution in [0.5, 0.6) is 0 Å². The van der Waals surface area contributed by atoms with Gasteiger partial charge >= 0.3 is 6.03 Å². The van der Waals surface area contributed by atoms with E-state index in [2.05, 4.69) is 17.2 Å². The van der Waals surface area contributed by atoms with Gasteiger partial charge in [0.15, 0.2) is 0 Å². The normalized spacial score (nSPS) is 18.6. The lowest BCUT2D eigenvalue weighted by Crippen LogP contribution is -2.47. The first-order valence-corrected chi connectivity index (χ1v) is 7.75. The van der Waals surface area contributed by atoms with E-state index >= 15 is 0 Å². The molecule has 1 N–H and O–H groups in total. The van der Waals surface area contributed by atoms with Crippen molar-refractivity contribution < 1.29 is 9.53 Å². The topological polar surface area (TPSA) is 54.5 Å². The van der Waals surface area contributed by atoms with Gasteiger partial charge in [-0.2, -0.15) is 0 Å². The fourth-order valence-corrected chi connectivity index (χ4v) is 2.52. The molecule has 5 heteroatoms. The van der Waals surface area contributed by atoms with Crippen LogP contribution in [0.2, 0.25) is 0 Å². The third kappa shape index (κ3) is 4.70. The van der Waals surface area contributed by atoms with Crippen LogP contribution in [0.1, 0.15) is 37.4 Å². The number of likely N-dealkylation sites (tertiary alicyclic amines) is 1. The van der Waals surface area contributed by atoms with Crippen LogP contribution in [0.4, 0.5) is 4.79 Å². The van der Waals surface area contributed by atoms with Crippen LogP contribution in [0.25, 0.3) is 0 Å². The van der Waals surface area contributed by atoms with E-state index in [1.54, 1.807) is 6.20 Å². The Morgan fingerprint density at radius 2 is 2.43 bits per heavy atom. The Hall–Kier alpha value is -1.62. The number of nitrogens with zero attached hydrogens (tertiary/aromatic N) is 2. The van der Waals surface area contributed by atoms with Gasteiger partial charge in [0.25, 0.3) is 0 Å². The largest absolute Gasteiger partial charge is 0.376 e. The minimum absolute atomic E-state index is 0.0233. The average Bonchev–Trinajstić information content (AvgIpc) is 2.52. The second-order valence-electron chi connectivity index (χ2n) is 5.51. The Bertz CT molecular complexity index is 465. The monoisotopic (exact) mass is 291 g/mol. The number of urea groups is 1. The molecule has 1 aromatic rings. The third-order valence-corrected chi connectivity index (χ3v) is 3.75. The quantitative estimate of drug-likeness (QED) is 0.907. The SMILES string of the molecule is CCCOC1CCCN(C(=O)NCc2ncccc2C)C1. The number of hydrogen-bond acceptors (Lipinski definition) is 3. The van der Waals surface area contributed by atoms with Crippen molar-refractivity contribution in [1.82, 2.24) is 15.2 Å². The van der Waals surface area contributed by atoms with Gasteiger partial charge in [0, 0.05) is 25.9 Å². The van der Waals surface area contributed by atoms with E-state index in [-0.39, 0.29) is 12.1 Å². The van der Waals surface area contributed by atoms with Gasteiger partial charge in [-0.1, -0.05) is 13.0 Å². The molecule has 116 valence electrons. The highest BCUT2D eigenvalue weighted by atomic mass is 16.5. The maximum absolute atomic E-state index is 12.2. The summed E-state index contributed by atoms with van der Waals surface area (Å²) in [5.41, 5.74) is 2.02. The molecule has 1 fully saturated rings. The zero-order valence-electron chi connectivity index (χ0n) is 13.0. The number of ether oxygens (including phenoxy) is 1. The minimum atomic E-state index is -0.0233. The molecule has 0 aliphatic carbocycles. The van der Waals surface area contributed by atoms with E-state index in [0.29, 0.717) is 13.1 Å². The number of carbonyl (C=O) groups excluding carboxylic acids is 1. The Labute approximate surface area is 126 Å². The van der Waals surface area contributed by atoms with Gasteiger partial charge < -0.3 is 15.0 Å². The number of carbonyl (C=O) groups is 1. The Kier molecular flexibility index (Phi) is 5.99. The van der Waals surface area contributed by atoms with Gasteiger partial charge in [-0.25, -0.2) is 4.79 Å². The summed E-state index contributed by atoms with van der Waals surface area (Å²) in [6, 6.07) is 3.88. The number of piperidine rings is 1. The van der Waals surface area contributed by atoms with Crippen molar-refractivity contribution in [2.75, 3.05) is 19.7 Å². The molecule has 1 unspecified atom stereocenters. The molecule has 0 radical (unpaired) electrons. The molecule has 0 spiro atoms. The van der Waals surface area contributed by atoms with Crippen molar-refractivity contribution in [3.63, 3.8) is 0 Å². The maximum Gasteiger partial charge on any atom is 0.317 e.